The molecule has 0 fully saturated rings. The molecule has 0 spiro atoms. The number of rotatable bonds is 13. The zero-order valence-electron chi connectivity index (χ0n) is 69.7. The molecule has 19 nitrogen and oxygen atoms in total. The molecule has 639 valence electrons. The second kappa shape index (κ2) is 49.1. The van der Waals surface area contributed by atoms with Gasteiger partial charge in [-0.2, -0.15) is 115 Å². The first-order valence-corrected chi connectivity index (χ1v) is 38.5. The van der Waals surface area contributed by atoms with Crippen LogP contribution in [0.25, 0.3) is 85.0 Å². The first kappa shape index (κ1) is 99.5. The second-order valence-electron chi connectivity index (χ2n) is 28.4. The molecule has 2 aliphatic rings. The maximum absolute atomic E-state index is 4.85. The minimum atomic E-state index is 0. The SMILES string of the molecule is CN1C=CN(c2[c-]cccc2)[CH-]1.CN1[CH-]N(c2[c-]cccc2)c2ccccc21.C[n+]1cc[n-]c1-c1[c-]cccc1.Cc1cc(C(C)C)c(-n2nnnc2-c2[c-]cccc2)c(C(C)C)c1.Cc1cc(C)c(-n2ccnc2-c2[c-]con2)c(C)c1.Cn1cnc(-c2[n-]ccc2-c2ccccc2)c1.[Ir+3].[Ir].[Ir].[Ir].[Ir].[Ir].[c-]1ccc(-c2ccccc2)cc1-n1cccn1. The molecule has 19 rings (SSSR count). The summed E-state index contributed by atoms with van der Waals surface area (Å²) >= 11 is 0. The summed E-state index contributed by atoms with van der Waals surface area (Å²) < 4.78 is 14.5. The molecule has 9 heterocycles. The number of imidazole rings is 3. The van der Waals surface area contributed by atoms with Gasteiger partial charge in [-0.1, -0.05) is 142 Å². The van der Waals surface area contributed by atoms with Crippen molar-refractivity contribution in [1.29, 1.82) is 0 Å². The number of para-hydroxylation sites is 4. The number of hydrogen-bond acceptors (Lipinski definition) is 12. The number of benzene rings is 10. The topological polar surface area (TPSA) is 168 Å². The molecule has 0 unspecified atom stereocenters. The Balaban J connectivity index is 0.000000198. The van der Waals surface area contributed by atoms with Crippen LogP contribution in [0, 0.1) is 77.4 Å². The van der Waals surface area contributed by atoms with Crippen LogP contribution in [0.5, 0.6) is 0 Å². The maximum Gasteiger partial charge on any atom is 3.00 e. The summed E-state index contributed by atoms with van der Waals surface area (Å²) in [5.41, 5.74) is 24.3. The predicted octanol–water partition coefficient (Wildman–Crippen LogP) is 19.9. The summed E-state index contributed by atoms with van der Waals surface area (Å²) in [5, 5.41) is 20.6. The van der Waals surface area contributed by atoms with Crippen LogP contribution in [-0.2, 0) is 135 Å². The third-order valence-corrected chi connectivity index (χ3v) is 19.0. The summed E-state index contributed by atoms with van der Waals surface area (Å²) in [5.74, 6) is 3.19. The van der Waals surface area contributed by atoms with Crippen molar-refractivity contribution in [3.63, 3.8) is 0 Å². The standard InChI is InChI=1S/C20H23N4.C15H14N3O.C15H11N2.C14H12N3.C14H12N2.C10H10N2.C10H9N2.6Ir/c1-13(2)17-11-15(5)12-18(14(3)4)19(17)24-20(21-22-23-24)16-9-7-6-8-10-16;1-10-8-11(2)14(12(3)9-10)18-6-5-16-15(18)13-4-7-19-17-13;1-2-6-13(7-3-1)14-8-4-9-15(12-14)17-11-5-10-16-17;1-17-9-13(16-10-17)14-12(7-8-15-14)11-5-3-2-4-6-11;1-15-11-16(12-7-3-2-4-8-12)14-10-6-5-9-13(14)15;1-11-7-8-12(9-11)10-5-3-2-4-6-10;1-12-8-7-11-10(12)9-5-3-2-4-6-9;;;;;;/h6-9,11-14H,1-5H3;5-9H,1-3H3;1-8,10-12H;2-10H,1H3;2-7,9-11H,1H3;2-5,7-9H,1H3;2-5,7-8H,1H3;;;;;;/q4*-1;2*-2;-1;;;;;;+3. The van der Waals surface area contributed by atoms with E-state index in [4.69, 9.17) is 4.52 Å². The Bertz CT molecular complexity index is 5890. The van der Waals surface area contributed by atoms with Crippen molar-refractivity contribution in [2.75, 3.05) is 28.8 Å². The summed E-state index contributed by atoms with van der Waals surface area (Å²) in [6.07, 6.45) is 22.1. The fourth-order valence-corrected chi connectivity index (χ4v) is 13.5. The average molecular weight is 2690 g/mol. The van der Waals surface area contributed by atoms with Crippen molar-refractivity contribution in [2.45, 2.75) is 67.2 Å². The van der Waals surface area contributed by atoms with E-state index in [0.717, 1.165) is 74.0 Å². The van der Waals surface area contributed by atoms with Crippen LogP contribution in [0.2, 0.25) is 0 Å². The predicted molar refractivity (Wildman–Crippen MR) is 464 cm³/mol. The number of nitrogens with zero attached hydrogens (tertiary/aromatic N) is 18. The molecule has 0 atom stereocenters. The Morgan fingerprint density at radius 2 is 1.11 bits per heavy atom. The van der Waals surface area contributed by atoms with Crippen molar-refractivity contribution in [3.05, 3.63) is 394 Å². The molecule has 10 aromatic carbocycles. The second-order valence-corrected chi connectivity index (χ2v) is 28.4. The Labute approximate surface area is 803 Å². The molecule has 123 heavy (non-hydrogen) atoms. The molecule has 0 saturated carbocycles. The van der Waals surface area contributed by atoms with Crippen LogP contribution in [0.15, 0.2) is 316 Å². The van der Waals surface area contributed by atoms with E-state index in [9.17, 15) is 0 Å². The number of hydrogen-bond donors (Lipinski definition) is 0. The summed E-state index contributed by atoms with van der Waals surface area (Å²) in [4.78, 5) is 25.6. The van der Waals surface area contributed by atoms with Gasteiger partial charge < -0.3 is 47.8 Å². The number of aromatic nitrogens is 14. The van der Waals surface area contributed by atoms with Crippen LogP contribution in [0.3, 0.4) is 0 Å². The van der Waals surface area contributed by atoms with Crippen LogP contribution in [0.1, 0.15) is 72.9 Å². The largest absolute Gasteiger partial charge is 3.00 e. The van der Waals surface area contributed by atoms with E-state index in [1.54, 1.807) is 24.9 Å². The fourth-order valence-electron chi connectivity index (χ4n) is 13.5. The minimum absolute atomic E-state index is 0. The Hall–Kier alpha value is -10.6. The first-order valence-electron chi connectivity index (χ1n) is 38.5. The van der Waals surface area contributed by atoms with E-state index in [2.05, 4.69) is 252 Å². The van der Waals surface area contributed by atoms with Crippen LogP contribution >= 0.6 is 0 Å². The maximum atomic E-state index is 4.85. The molecule has 17 aromatic rings. The molecule has 5 radical (unpaired) electrons. The number of aryl methyl sites for hydroxylation is 6. The van der Waals surface area contributed by atoms with Gasteiger partial charge in [0.05, 0.1) is 23.5 Å². The fraction of sp³-hybridized carbons (Fsp3) is 0.143. The summed E-state index contributed by atoms with van der Waals surface area (Å²) in [6, 6.07) is 98.1. The quantitative estimate of drug-likeness (QED) is 0.0789. The number of tetrazole rings is 1. The molecule has 25 heteroatoms. The zero-order chi connectivity index (χ0) is 81.6. The van der Waals surface area contributed by atoms with Gasteiger partial charge in [0.15, 0.2) is 0 Å². The van der Waals surface area contributed by atoms with Crippen molar-refractivity contribution in [2.24, 2.45) is 14.1 Å². The molecule has 7 aromatic heterocycles. The molecule has 2 aliphatic heterocycles. The minimum Gasteiger partial charge on any atom is -0.662 e. The number of fused-ring (bicyclic) bond motifs is 1. The van der Waals surface area contributed by atoms with Crippen molar-refractivity contribution < 1.29 is 130 Å². The normalized spacial score (nSPS) is 11.2. The van der Waals surface area contributed by atoms with Gasteiger partial charge in [-0.15, -0.1) is 106 Å². The van der Waals surface area contributed by atoms with E-state index in [1.165, 1.54) is 67.7 Å². The Morgan fingerprint density at radius 1 is 0.512 bits per heavy atom. The van der Waals surface area contributed by atoms with Crippen LogP contribution in [-0.4, -0.2) is 73.2 Å². The van der Waals surface area contributed by atoms with Gasteiger partial charge >= 0.3 is 20.1 Å². The van der Waals surface area contributed by atoms with Gasteiger partial charge in [-0.05, 0) is 145 Å². The molecule has 0 amide bonds. The van der Waals surface area contributed by atoms with Gasteiger partial charge in [0.25, 0.3) is 0 Å². The monoisotopic (exact) mass is 2690 g/mol. The van der Waals surface area contributed by atoms with Gasteiger partial charge in [0.2, 0.25) is 0 Å². The van der Waals surface area contributed by atoms with Gasteiger partial charge in [0, 0.05) is 187 Å². The van der Waals surface area contributed by atoms with Gasteiger partial charge in [0.1, 0.15) is 5.82 Å². The summed E-state index contributed by atoms with van der Waals surface area (Å²) in [7, 11) is 7.99. The average Bonchev–Trinajstić information content (AvgIpc) is 1.46. The first-order chi connectivity index (χ1) is 57.0. The Kier molecular flexibility index (Phi) is 39.7. The van der Waals surface area contributed by atoms with Gasteiger partial charge in [-0.3, -0.25) is 9.67 Å². The molecular formula is C98H91Ir6N18O-6. The van der Waals surface area contributed by atoms with Crippen molar-refractivity contribution >= 4 is 22.7 Å². The van der Waals surface area contributed by atoms with E-state index in [-0.39, 0.29) is 121 Å². The molecule has 0 bridgehead atoms. The van der Waals surface area contributed by atoms with Crippen LogP contribution in [0.4, 0.5) is 22.7 Å². The van der Waals surface area contributed by atoms with E-state index in [1.807, 2.05) is 250 Å². The molecular weight excluding hydrogens is 2600 g/mol. The zero-order valence-corrected chi connectivity index (χ0v) is 84.1. The number of anilines is 4. The molecule has 0 N–H and O–H groups in total. The smallest absolute Gasteiger partial charge is 0.662 e. The third kappa shape index (κ3) is 26.0. The Morgan fingerprint density at radius 3 is 1.67 bits per heavy atom. The van der Waals surface area contributed by atoms with E-state index < -0.39 is 0 Å². The molecule has 0 aliphatic carbocycles. The third-order valence-electron chi connectivity index (χ3n) is 19.0. The van der Waals surface area contributed by atoms with Gasteiger partial charge in [-0.25, -0.2) is 9.67 Å². The van der Waals surface area contributed by atoms with Crippen molar-refractivity contribution in [3.8, 4) is 85.0 Å². The molecule has 0 saturated heterocycles. The summed E-state index contributed by atoms with van der Waals surface area (Å²) in [6.45, 7) is 21.4. The van der Waals surface area contributed by atoms with Crippen LogP contribution < -0.4 is 29.2 Å². The van der Waals surface area contributed by atoms with E-state index >= 15 is 0 Å². The van der Waals surface area contributed by atoms with Crippen molar-refractivity contribution in [1.82, 2.24) is 69.1 Å². The van der Waals surface area contributed by atoms with E-state index in [0.29, 0.717) is 17.5 Å².